The van der Waals surface area contributed by atoms with E-state index in [4.69, 9.17) is 0 Å². The van der Waals surface area contributed by atoms with Gasteiger partial charge in [0.2, 0.25) is 0 Å². The molecule has 15 heavy (non-hydrogen) atoms. The zero-order valence-corrected chi connectivity index (χ0v) is 10.00. The summed E-state index contributed by atoms with van der Waals surface area (Å²) in [6.07, 6.45) is 6.72. The number of aromatic nitrogens is 2. The summed E-state index contributed by atoms with van der Waals surface area (Å²) in [5.74, 6) is 1.53. The first-order valence-corrected chi connectivity index (χ1v) is 6.19. The van der Waals surface area contributed by atoms with Crippen molar-refractivity contribution in [2.45, 2.75) is 43.6 Å². The molecule has 1 heterocycles. The Hall–Kier alpha value is -0.480. The van der Waals surface area contributed by atoms with E-state index in [2.05, 4.69) is 25.9 Å². The van der Waals surface area contributed by atoms with Crippen molar-refractivity contribution in [3.05, 3.63) is 22.2 Å². The van der Waals surface area contributed by atoms with Gasteiger partial charge in [0.1, 0.15) is 5.82 Å². The van der Waals surface area contributed by atoms with Crippen molar-refractivity contribution < 1.29 is 5.11 Å². The fraction of sp³-hybridized carbons (Fsp3) is 0.636. The van der Waals surface area contributed by atoms with E-state index in [1.54, 1.807) is 0 Å². The van der Waals surface area contributed by atoms with Crippen LogP contribution in [0.4, 0.5) is 0 Å². The molecule has 0 atom stereocenters. The minimum atomic E-state index is -0.475. The molecule has 3 nitrogen and oxygen atoms in total. The minimum absolute atomic E-state index is 0.475. The average Bonchev–Trinajstić information content (AvgIpc) is 3.06. The molecule has 2 saturated carbocycles. The normalized spacial score (nSPS) is 22.8. The van der Waals surface area contributed by atoms with Gasteiger partial charge in [0, 0.05) is 18.5 Å². The van der Waals surface area contributed by atoms with Crippen LogP contribution in [-0.2, 0) is 6.42 Å². The van der Waals surface area contributed by atoms with Crippen LogP contribution in [0, 0.1) is 0 Å². The van der Waals surface area contributed by atoms with Crippen LogP contribution in [0.5, 0.6) is 0 Å². The Balaban J connectivity index is 1.87. The molecule has 2 aliphatic rings. The van der Waals surface area contributed by atoms with Crippen molar-refractivity contribution in [1.29, 1.82) is 0 Å². The highest BCUT2D eigenvalue weighted by Crippen LogP contribution is 2.41. The summed E-state index contributed by atoms with van der Waals surface area (Å²) in [4.78, 5) is 8.85. The first-order valence-electron chi connectivity index (χ1n) is 5.40. The largest absolute Gasteiger partial charge is 0.389 e. The Labute approximate surface area is 97.1 Å². The monoisotopic (exact) mass is 268 g/mol. The zero-order valence-electron chi connectivity index (χ0n) is 8.41. The van der Waals surface area contributed by atoms with Gasteiger partial charge in [-0.1, -0.05) is 0 Å². The predicted molar refractivity (Wildman–Crippen MR) is 59.6 cm³/mol. The second-order valence-electron chi connectivity index (χ2n) is 4.70. The van der Waals surface area contributed by atoms with Crippen molar-refractivity contribution in [1.82, 2.24) is 9.97 Å². The summed E-state index contributed by atoms with van der Waals surface area (Å²) in [7, 11) is 0. The minimum Gasteiger partial charge on any atom is -0.389 e. The second-order valence-corrected chi connectivity index (χ2v) is 5.55. The number of halogens is 1. The Bertz CT molecular complexity index is 400. The fourth-order valence-electron chi connectivity index (χ4n) is 1.71. The van der Waals surface area contributed by atoms with Gasteiger partial charge in [-0.05, 0) is 41.6 Å². The lowest BCUT2D eigenvalue weighted by atomic mass is 10.1. The van der Waals surface area contributed by atoms with Gasteiger partial charge in [-0.25, -0.2) is 9.97 Å². The van der Waals surface area contributed by atoms with E-state index in [-0.39, 0.29) is 0 Å². The summed E-state index contributed by atoms with van der Waals surface area (Å²) in [6.45, 7) is 0. The smallest absolute Gasteiger partial charge is 0.131 e. The molecular formula is C11H13BrN2O. The Morgan fingerprint density at radius 3 is 2.80 bits per heavy atom. The third-order valence-electron chi connectivity index (χ3n) is 3.10. The van der Waals surface area contributed by atoms with Gasteiger partial charge in [0.15, 0.2) is 0 Å². The lowest BCUT2D eigenvalue weighted by molar-refractivity contribution is 0.149. The van der Waals surface area contributed by atoms with E-state index in [0.717, 1.165) is 28.8 Å². The van der Waals surface area contributed by atoms with Crippen molar-refractivity contribution in [3.63, 3.8) is 0 Å². The van der Waals surface area contributed by atoms with Crippen LogP contribution in [0.15, 0.2) is 10.7 Å². The summed E-state index contributed by atoms with van der Waals surface area (Å²) < 4.78 is 0.923. The first kappa shape index (κ1) is 9.73. The van der Waals surface area contributed by atoms with Crippen molar-refractivity contribution in [3.8, 4) is 0 Å². The molecule has 1 aromatic heterocycles. The molecule has 1 N–H and O–H groups in total. The molecule has 80 valence electrons. The molecule has 2 aliphatic carbocycles. The Morgan fingerprint density at radius 1 is 1.47 bits per heavy atom. The number of hydrogen-bond acceptors (Lipinski definition) is 3. The van der Waals surface area contributed by atoms with Crippen LogP contribution < -0.4 is 0 Å². The van der Waals surface area contributed by atoms with Gasteiger partial charge < -0.3 is 5.11 Å². The Kier molecular flexibility index (Phi) is 2.11. The van der Waals surface area contributed by atoms with E-state index < -0.39 is 5.60 Å². The number of aliphatic hydroxyl groups is 1. The molecular weight excluding hydrogens is 256 g/mol. The predicted octanol–water partition coefficient (Wildman–Crippen LogP) is 2.18. The standard InChI is InChI=1S/C11H13BrN2O/c12-8-6-13-10(7-1-2-7)14-9(8)5-11(15)3-4-11/h6-7,15H,1-5H2. The van der Waals surface area contributed by atoms with Crippen LogP contribution in [0.3, 0.4) is 0 Å². The van der Waals surface area contributed by atoms with Gasteiger partial charge >= 0.3 is 0 Å². The Morgan fingerprint density at radius 2 is 2.20 bits per heavy atom. The molecule has 0 aliphatic heterocycles. The SMILES string of the molecule is OC1(Cc2nc(C3CC3)ncc2Br)CC1. The van der Waals surface area contributed by atoms with E-state index in [1.807, 2.05) is 6.20 Å². The van der Waals surface area contributed by atoms with Gasteiger partial charge in [-0.15, -0.1) is 0 Å². The third-order valence-corrected chi connectivity index (χ3v) is 3.76. The van der Waals surface area contributed by atoms with Crippen LogP contribution in [0.25, 0.3) is 0 Å². The van der Waals surface area contributed by atoms with E-state index >= 15 is 0 Å². The summed E-state index contributed by atoms with van der Waals surface area (Å²) in [6, 6.07) is 0. The van der Waals surface area contributed by atoms with Crippen LogP contribution >= 0.6 is 15.9 Å². The molecule has 0 spiro atoms. The molecule has 0 aromatic carbocycles. The second kappa shape index (κ2) is 3.25. The van der Waals surface area contributed by atoms with Crippen LogP contribution in [-0.4, -0.2) is 20.7 Å². The maximum atomic E-state index is 9.87. The van der Waals surface area contributed by atoms with E-state index in [9.17, 15) is 5.11 Å². The summed E-state index contributed by atoms with van der Waals surface area (Å²) in [5.41, 5.74) is 0.490. The maximum absolute atomic E-state index is 9.87. The fourth-order valence-corrected chi connectivity index (χ4v) is 2.04. The molecule has 0 unspecified atom stereocenters. The first-order chi connectivity index (χ1) is 7.16. The lowest BCUT2D eigenvalue weighted by Crippen LogP contribution is -2.13. The van der Waals surface area contributed by atoms with Crippen LogP contribution in [0.2, 0.25) is 0 Å². The van der Waals surface area contributed by atoms with Gasteiger partial charge in [-0.2, -0.15) is 0 Å². The highest BCUT2D eigenvalue weighted by Gasteiger charge is 2.41. The molecule has 1 aromatic rings. The van der Waals surface area contributed by atoms with Crippen molar-refractivity contribution in [2.24, 2.45) is 0 Å². The number of rotatable bonds is 3. The molecule has 3 rings (SSSR count). The molecule has 0 radical (unpaired) electrons. The van der Waals surface area contributed by atoms with Crippen LogP contribution in [0.1, 0.15) is 43.1 Å². The highest BCUT2D eigenvalue weighted by molar-refractivity contribution is 9.10. The number of nitrogens with zero attached hydrogens (tertiary/aromatic N) is 2. The maximum Gasteiger partial charge on any atom is 0.131 e. The van der Waals surface area contributed by atoms with E-state index in [0.29, 0.717) is 12.3 Å². The van der Waals surface area contributed by atoms with Gasteiger partial charge in [0.05, 0.1) is 15.8 Å². The van der Waals surface area contributed by atoms with Crippen molar-refractivity contribution in [2.75, 3.05) is 0 Å². The van der Waals surface area contributed by atoms with Crippen molar-refractivity contribution >= 4 is 15.9 Å². The van der Waals surface area contributed by atoms with Gasteiger partial charge in [0.25, 0.3) is 0 Å². The van der Waals surface area contributed by atoms with E-state index in [1.165, 1.54) is 12.8 Å². The lowest BCUT2D eigenvalue weighted by Gasteiger charge is -2.09. The molecule has 4 heteroatoms. The third kappa shape index (κ3) is 2.06. The average molecular weight is 269 g/mol. The molecule has 0 bridgehead atoms. The highest BCUT2D eigenvalue weighted by atomic mass is 79.9. The zero-order chi connectivity index (χ0) is 10.5. The quantitative estimate of drug-likeness (QED) is 0.914. The summed E-state index contributed by atoms with van der Waals surface area (Å²) in [5, 5.41) is 9.87. The number of hydrogen-bond donors (Lipinski definition) is 1. The molecule has 0 saturated heterocycles. The topological polar surface area (TPSA) is 46.0 Å². The molecule has 2 fully saturated rings. The summed E-state index contributed by atoms with van der Waals surface area (Å²) >= 11 is 3.44. The van der Waals surface area contributed by atoms with Gasteiger partial charge in [-0.3, -0.25) is 0 Å². The molecule has 0 amide bonds.